The lowest BCUT2D eigenvalue weighted by molar-refractivity contribution is 0.142. The van der Waals surface area contributed by atoms with Crippen LogP contribution in [0.15, 0.2) is 12.5 Å². The number of rotatable bonds is 4. The second-order valence-electron chi connectivity index (χ2n) is 4.44. The molecule has 0 bridgehead atoms. The third-order valence-electron chi connectivity index (χ3n) is 3.30. The van der Waals surface area contributed by atoms with Gasteiger partial charge in [0.25, 0.3) is 0 Å². The van der Waals surface area contributed by atoms with Gasteiger partial charge in [-0.25, -0.2) is 9.97 Å². The van der Waals surface area contributed by atoms with Crippen molar-refractivity contribution in [3.63, 3.8) is 0 Å². The van der Waals surface area contributed by atoms with E-state index in [4.69, 9.17) is 0 Å². The maximum atomic E-state index is 9.49. The summed E-state index contributed by atoms with van der Waals surface area (Å²) in [6.07, 6.45) is 8.00. The Labute approximate surface area is 109 Å². The van der Waals surface area contributed by atoms with Crippen LogP contribution in [-0.4, -0.2) is 28.2 Å². The molecule has 0 unspecified atom stereocenters. The van der Waals surface area contributed by atoms with Crippen LogP contribution in [0.2, 0.25) is 0 Å². The van der Waals surface area contributed by atoms with Gasteiger partial charge in [0.1, 0.15) is 12.1 Å². The summed E-state index contributed by atoms with van der Waals surface area (Å²) in [6.45, 7) is 1.07. The van der Waals surface area contributed by atoms with E-state index in [1.165, 1.54) is 12.8 Å². The van der Waals surface area contributed by atoms with Crippen LogP contribution in [0.5, 0.6) is 0 Å². The zero-order valence-electron chi connectivity index (χ0n) is 9.12. The van der Waals surface area contributed by atoms with Crippen molar-refractivity contribution in [1.29, 1.82) is 0 Å². The second-order valence-corrected chi connectivity index (χ2v) is 5.60. The number of anilines is 1. The van der Waals surface area contributed by atoms with Crippen molar-refractivity contribution >= 4 is 28.4 Å². The minimum absolute atomic E-state index is 0.0635. The highest BCUT2D eigenvalue weighted by Gasteiger charge is 2.33. The molecule has 88 valence electrons. The Morgan fingerprint density at radius 3 is 2.81 bits per heavy atom. The van der Waals surface area contributed by atoms with E-state index in [1.54, 1.807) is 12.5 Å². The first-order valence-electron chi connectivity index (χ1n) is 5.56. The number of aliphatic hydroxyl groups excluding tert-OH is 1. The van der Waals surface area contributed by atoms with E-state index in [1.807, 2.05) is 0 Å². The van der Waals surface area contributed by atoms with E-state index in [2.05, 4.69) is 37.9 Å². The van der Waals surface area contributed by atoms with E-state index < -0.39 is 0 Å². The van der Waals surface area contributed by atoms with Gasteiger partial charge in [-0.2, -0.15) is 0 Å². The largest absolute Gasteiger partial charge is 0.396 e. The molecule has 2 rings (SSSR count). The SMILES string of the molecule is OCC1(CNc2ncncc2I)CCCC1. The molecule has 0 amide bonds. The monoisotopic (exact) mass is 333 g/mol. The normalized spacial score (nSPS) is 18.6. The number of aromatic nitrogens is 2. The first kappa shape index (κ1) is 12.0. The van der Waals surface area contributed by atoms with Crippen LogP contribution in [0.3, 0.4) is 0 Å². The molecule has 1 heterocycles. The Kier molecular flexibility index (Phi) is 3.96. The third-order valence-corrected chi connectivity index (χ3v) is 4.09. The molecule has 0 radical (unpaired) electrons. The Hall–Kier alpha value is -0.430. The summed E-state index contributed by atoms with van der Waals surface area (Å²) in [4.78, 5) is 8.15. The number of nitrogens with zero attached hydrogens (tertiary/aromatic N) is 2. The third kappa shape index (κ3) is 2.63. The average molecular weight is 333 g/mol. The molecule has 16 heavy (non-hydrogen) atoms. The Morgan fingerprint density at radius 2 is 2.19 bits per heavy atom. The van der Waals surface area contributed by atoms with E-state index in [-0.39, 0.29) is 12.0 Å². The first-order valence-corrected chi connectivity index (χ1v) is 6.64. The van der Waals surface area contributed by atoms with Crippen LogP contribution in [0, 0.1) is 8.99 Å². The topological polar surface area (TPSA) is 58.0 Å². The second kappa shape index (κ2) is 5.27. The lowest BCUT2D eigenvalue weighted by Crippen LogP contribution is -2.31. The summed E-state index contributed by atoms with van der Waals surface area (Å²) in [7, 11) is 0. The Morgan fingerprint density at radius 1 is 1.44 bits per heavy atom. The number of aliphatic hydroxyl groups is 1. The molecule has 1 aromatic heterocycles. The van der Waals surface area contributed by atoms with Gasteiger partial charge in [0.2, 0.25) is 0 Å². The average Bonchev–Trinajstić information content (AvgIpc) is 2.78. The lowest BCUT2D eigenvalue weighted by atomic mass is 9.87. The molecule has 0 aromatic carbocycles. The van der Waals surface area contributed by atoms with Crippen LogP contribution < -0.4 is 5.32 Å². The summed E-state index contributed by atoms with van der Waals surface area (Å²) in [5.74, 6) is 0.871. The standard InChI is InChI=1S/C11H16IN3O/c12-9-5-13-8-15-10(9)14-6-11(7-16)3-1-2-4-11/h5,8,16H,1-4,6-7H2,(H,13,14,15). The first-order chi connectivity index (χ1) is 7.76. The minimum Gasteiger partial charge on any atom is -0.396 e. The molecule has 5 heteroatoms. The molecule has 0 atom stereocenters. The molecule has 0 saturated heterocycles. The molecule has 1 aliphatic rings. The Balaban J connectivity index is 1.98. The van der Waals surface area contributed by atoms with Crippen LogP contribution in [0.4, 0.5) is 5.82 Å². The van der Waals surface area contributed by atoms with Gasteiger partial charge in [-0.3, -0.25) is 0 Å². The summed E-state index contributed by atoms with van der Waals surface area (Å²) in [5, 5.41) is 12.8. The molecule has 1 fully saturated rings. The molecule has 2 N–H and O–H groups in total. The van der Waals surface area contributed by atoms with Crippen molar-refractivity contribution in [3.8, 4) is 0 Å². The van der Waals surface area contributed by atoms with Gasteiger partial charge in [0.05, 0.1) is 10.2 Å². The highest BCUT2D eigenvalue weighted by atomic mass is 127. The van der Waals surface area contributed by atoms with Gasteiger partial charge >= 0.3 is 0 Å². The summed E-state index contributed by atoms with van der Waals surface area (Å²) in [6, 6.07) is 0. The van der Waals surface area contributed by atoms with E-state index in [0.717, 1.165) is 28.8 Å². The number of halogens is 1. The van der Waals surface area contributed by atoms with Crippen LogP contribution in [0.1, 0.15) is 25.7 Å². The molecular formula is C11H16IN3O. The van der Waals surface area contributed by atoms with Gasteiger partial charge in [-0.05, 0) is 35.4 Å². The minimum atomic E-state index is 0.0635. The highest BCUT2D eigenvalue weighted by Crippen LogP contribution is 2.37. The van der Waals surface area contributed by atoms with Gasteiger partial charge < -0.3 is 10.4 Å². The summed E-state index contributed by atoms with van der Waals surface area (Å²) < 4.78 is 1.02. The number of nitrogens with one attached hydrogen (secondary N) is 1. The molecular weight excluding hydrogens is 317 g/mol. The fourth-order valence-corrected chi connectivity index (χ4v) is 2.72. The highest BCUT2D eigenvalue weighted by molar-refractivity contribution is 14.1. The van der Waals surface area contributed by atoms with Crippen LogP contribution in [0.25, 0.3) is 0 Å². The van der Waals surface area contributed by atoms with Crippen LogP contribution in [-0.2, 0) is 0 Å². The van der Waals surface area contributed by atoms with Gasteiger partial charge in [-0.1, -0.05) is 12.8 Å². The summed E-state index contributed by atoms with van der Waals surface area (Å²) >= 11 is 2.21. The predicted molar refractivity (Wildman–Crippen MR) is 71.2 cm³/mol. The fraction of sp³-hybridized carbons (Fsp3) is 0.636. The van der Waals surface area contributed by atoms with Crippen molar-refractivity contribution < 1.29 is 5.11 Å². The smallest absolute Gasteiger partial charge is 0.142 e. The zero-order chi connectivity index (χ0) is 11.4. The van der Waals surface area contributed by atoms with Crippen molar-refractivity contribution in [2.75, 3.05) is 18.5 Å². The zero-order valence-corrected chi connectivity index (χ0v) is 11.3. The number of hydrogen-bond donors (Lipinski definition) is 2. The molecule has 0 spiro atoms. The summed E-state index contributed by atoms with van der Waals surface area (Å²) in [5.41, 5.74) is 0.0635. The molecule has 1 aliphatic carbocycles. The molecule has 0 aliphatic heterocycles. The fourth-order valence-electron chi connectivity index (χ4n) is 2.23. The molecule has 4 nitrogen and oxygen atoms in total. The molecule has 1 aromatic rings. The van der Waals surface area contributed by atoms with Crippen molar-refractivity contribution in [2.24, 2.45) is 5.41 Å². The maximum absolute atomic E-state index is 9.49. The molecule has 1 saturated carbocycles. The van der Waals surface area contributed by atoms with E-state index in [9.17, 15) is 5.11 Å². The quantitative estimate of drug-likeness (QED) is 0.828. The van der Waals surface area contributed by atoms with Crippen LogP contribution >= 0.6 is 22.6 Å². The van der Waals surface area contributed by atoms with Gasteiger partial charge in [0.15, 0.2) is 0 Å². The predicted octanol–water partition coefficient (Wildman–Crippen LogP) is 2.05. The van der Waals surface area contributed by atoms with Gasteiger partial charge in [0, 0.05) is 18.2 Å². The maximum Gasteiger partial charge on any atom is 0.142 e. The van der Waals surface area contributed by atoms with E-state index in [0.29, 0.717) is 0 Å². The van der Waals surface area contributed by atoms with Crippen molar-refractivity contribution in [3.05, 3.63) is 16.1 Å². The van der Waals surface area contributed by atoms with E-state index >= 15 is 0 Å². The lowest BCUT2D eigenvalue weighted by Gasteiger charge is -2.26. The Bertz CT molecular complexity index is 353. The van der Waals surface area contributed by atoms with Crippen molar-refractivity contribution in [2.45, 2.75) is 25.7 Å². The van der Waals surface area contributed by atoms with Crippen molar-refractivity contribution in [1.82, 2.24) is 9.97 Å². The van der Waals surface area contributed by atoms with Gasteiger partial charge in [-0.15, -0.1) is 0 Å². The number of hydrogen-bond acceptors (Lipinski definition) is 4.